The van der Waals surface area contributed by atoms with Crippen LogP contribution in [0.25, 0.3) is 6.08 Å². The van der Waals surface area contributed by atoms with Gasteiger partial charge in [-0.3, -0.25) is 9.69 Å². The number of urea groups is 1. The molecule has 1 aliphatic rings. The molecule has 0 unspecified atom stereocenters. The lowest BCUT2D eigenvalue weighted by Gasteiger charge is -2.14. The van der Waals surface area contributed by atoms with E-state index in [9.17, 15) is 14.0 Å². The highest BCUT2D eigenvalue weighted by molar-refractivity contribution is 14.1. The summed E-state index contributed by atoms with van der Waals surface area (Å²) < 4.78 is 26.2. The second kappa shape index (κ2) is 10.0. The number of rotatable bonds is 7. The van der Waals surface area contributed by atoms with Crippen LogP contribution in [0.5, 0.6) is 11.5 Å². The Morgan fingerprint density at radius 2 is 1.79 bits per heavy atom. The van der Waals surface area contributed by atoms with Crippen molar-refractivity contribution in [3.05, 3.63) is 98.5 Å². The fraction of sp³-hybridized carbons (Fsp3) is 0.120. The average Bonchev–Trinajstić information content (AvgIpc) is 3.07. The van der Waals surface area contributed by atoms with E-state index < -0.39 is 17.8 Å². The Morgan fingerprint density at radius 3 is 2.52 bits per heavy atom. The molecule has 1 fully saturated rings. The van der Waals surface area contributed by atoms with Crippen molar-refractivity contribution in [1.82, 2.24) is 10.2 Å². The van der Waals surface area contributed by atoms with Gasteiger partial charge in [0, 0.05) is 5.56 Å². The third-order valence-corrected chi connectivity index (χ3v) is 5.84. The maximum Gasteiger partial charge on any atom is 0.329 e. The predicted octanol–water partition coefficient (Wildman–Crippen LogP) is 5.11. The van der Waals surface area contributed by atoms with E-state index in [4.69, 9.17) is 9.47 Å². The Labute approximate surface area is 204 Å². The first-order chi connectivity index (χ1) is 16.0. The highest BCUT2D eigenvalue weighted by Gasteiger charge is 2.34. The molecule has 0 saturated carbocycles. The van der Waals surface area contributed by atoms with Crippen molar-refractivity contribution < 1.29 is 23.5 Å². The van der Waals surface area contributed by atoms with Crippen molar-refractivity contribution >= 4 is 40.6 Å². The zero-order chi connectivity index (χ0) is 23.4. The lowest BCUT2D eigenvalue weighted by Crippen LogP contribution is -2.30. The van der Waals surface area contributed by atoms with Crippen LogP contribution in [0.15, 0.2) is 72.4 Å². The predicted molar refractivity (Wildman–Crippen MR) is 130 cm³/mol. The summed E-state index contributed by atoms with van der Waals surface area (Å²) in [6.07, 6.45) is 1.56. The fourth-order valence-electron chi connectivity index (χ4n) is 3.37. The molecule has 0 bridgehead atoms. The number of hydrogen-bond acceptors (Lipinski definition) is 4. The highest BCUT2D eigenvalue weighted by Crippen LogP contribution is 2.35. The number of carbonyl (C=O) groups is 2. The van der Waals surface area contributed by atoms with Gasteiger partial charge in [0.05, 0.1) is 17.2 Å². The van der Waals surface area contributed by atoms with Gasteiger partial charge in [-0.15, -0.1) is 0 Å². The van der Waals surface area contributed by atoms with Crippen molar-refractivity contribution in [1.29, 1.82) is 0 Å². The molecule has 0 atom stereocenters. The smallest absolute Gasteiger partial charge is 0.329 e. The minimum absolute atomic E-state index is 0.104. The van der Waals surface area contributed by atoms with Crippen molar-refractivity contribution in [2.45, 2.75) is 13.2 Å². The Hall–Kier alpha value is -3.40. The van der Waals surface area contributed by atoms with Gasteiger partial charge in [-0.2, -0.15) is 0 Å². The van der Waals surface area contributed by atoms with E-state index in [1.54, 1.807) is 30.3 Å². The summed E-state index contributed by atoms with van der Waals surface area (Å²) in [6.45, 7) is 0.231. The molecule has 0 radical (unpaired) electrons. The summed E-state index contributed by atoms with van der Waals surface area (Å²) in [5.74, 6) is 0.0966. The number of halogens is 2. The number of nitrogens with one attached hydrogen (secondary N) is 1. The second-order valence-corrected chi connectivity index (χ2v) is 8.44. The zero-order valence-corrected chi connectivity index (χ0v) is 19.8. The molecule has 3 amide bonds. The van der Waals surface area contributed by atoms with Crippen LogP contribution in [0.1, 0.15) is 16.7 Å². The van der Waals surface area contributed by atoms with E-state index in [2.05, 4.69) is 27.9 Å². The third kappa shape index (κ3) is 5.16. The average molecular weight is 558 g/mol. The summed E-state index contributed by atoms with van der Waals surface area (Å²) >= 11 is 2.14. The van der Waals surface area contributed by atoms with Crippen LogP contribution in [-0.4, -0.2) is 23.9 Å². The quantitative estimate of drug-likeness (QED) is 0.249. The number of nitrogens with zero attached hydrogens (tertiary/aromatic N) is 1. The van der Waals surface area contributed by atoms with Gasteiger partial charge < -0.3 is 14.8 Å². The highest BCUT2D eigenvalue weighted by atomic mass is 127. The Balaban J connectivity index is 1.54. The largest absolute Gasteiger partial charge is 0.493 e. The summed E-state index contributed by atoms with van der Waals surface area (Å²) in [4.78, 5) is 26.1. The molecule has 4 rings (SSSR count). The van der Waals surface area contributed by atoms with Gasteiger partial charge in [0.25, 0.3) is 5.91 Å². The molecule has 1 heterocycles. The first-order valence-electron chi connectivity index (χ1n) is 10.1. The molecule has 0 aliphatic carbocycles. The van der Waals surface area contributed by atoms with E-state index in [0.29, 0.717) is 23.7 Å². The molecular weight excluding hydrogens is 538 g/mol. The molecule has 3 aromatic rings. The molecule has 6 nitrogen and oxygen atoms in total. The monoisotopic (exact) mass is 558 g/mol. The van der Waals surface area contributed by atoms with Crippen LogP contribution in [0.4, 0.5) is 9.18 Å². The van der Waals surface area contributed by atoms with Gasteiger partial charge in [0.1, 0.15) is 18.1 Å². The molecular formula is C25H20FIN2O4. The van der Waals surface area contributed by atoms with Crippen LogP contribution in [0.2, 0.25) is 0 Å². The molecule has 0 spiro atoms. The second-order valence-electron chi connectivity index (χ2n) is 7.28. The summed E-state index contributed by atoms with van der Waals surface area (Å²) in [6, 6.07) is 18.8. The zero-order valence-electron chi connectivity index (χ0n) is 17.7. The van der Waals surface area contributed by atoms with Gasteiger partial charge in [0.2, 0.25) is 0 Å². The van der Waals surface area contributed by atoms with Gasteiger partial charge in [0.15, 0.2) is 11.5 Å². The first-order valence-corrected chi connectivity index (χ1v) is 11.2. The van der Waals surface area contributed by atoms with Crippen molar-refractivity contribution in [3.63, 3.8) is 0 Å². The maximum atomic E-state index is 14.0. The lowest BCUT2D eigenvalue weighted by atomic mass is 10.1. The van der Waals surface area contributed by atoms with E-state index >= 15 is 0 Å². The van der Waals surface area contributed by atoms with E-state index in [-0.39, 0.29) is 17.8 Å². The van der Waals surface area contributed by atoms with Crippen molar-refractivity contribution in [2.24, 2.45) is 0 Å². The molecule has 8 heteroatoms. The van der Waals surface area contributed by atoms with Crippen LogP contribution >= 0.6 is 22.6 Å². The van der Waals surface area contributed by atoms with Crippen molar-refractivity contribution in [3.8, 4) is 11.5 Å². The molecule has 1 saturated heterocycles. The van der Waals surface area contributed by atoms with Gasteiger partial charge in [-0.25, -0.2) is 9.18 Å². The van der Waals surface area contributed by atoms with Gasteiger partial charge >= 0.3 is 6.03 Å². The Bertz CT molecular complexity index is 1230. The number of imide groups is 1. The SMILES string of the molecule is COc1cc(/C=C2/NC(=O)N(Cc3ccccc3F)C2=O)cc(I)c1OCc1ccccc1. The summed E-state index contributed by atoms with van der Waals surface area (Å²) in [7, 11) is 1.54. The molecule has 33 heavy (non-hydrogen) atoms. The van der Waals surface area contributed by atoms with E-state index in [1.165, 1.54) is 13.2 Å². The minimum atomic E-state index is -0.598. The lowest BCUT2D eigenvalue weighted by molar-refractivity contribution is -0.123. The molecule has 1 aliphatic heterocycles. The number of ether oxygens (including phenoxy) is 2. The van der Waals surface area contributed by atoms with Crippen LogP contribution in [-0.2, 0) is 17.9 Å². The Kier molecular flexibility index (Phi) is 6.93. The normalized spacial score (nSPS) is 14.5. The summed E-state index contributed by atoms with van der Waals surface area (Å²) in [5, 5.41) is 2.56. The maximum absolute atomic E-state index is 14.0. The first kappa shape index (κ1) is 22.8. The number of hydrogen-bond donors (Lipinski definition) is 1. The van der Waals surface area contributed by atoms with E-state index in [1.807, 2.05) is 36.4 Å². The molecule has 3 aromatic carbocycles. The number of amides is 3. The Morgan fingerprint density at radius 1 is 1.06 bits per heavy atom. The number of carbonyl (C=O) groups excluding carboxylic acids is 2. The number of methoxy groups -OCH3 is 1. The summed E-state index contributed by atoms with van der Waals surface area (Å²) in [5.41, 5.74) is 2.04. The molecule has 1 N–H and O–H groups in total. The van der Waals surface area contributed by atoms with Gasteiger partial charge in [-0.05, 0) is 58.0 Å². The topological polar surface area (TPSA) is 67.9 Å². The molecule has 168 valence electrons. The van der Waals surface area contributed by atoms with Crippen LogP contribution in [0, 0.1) is 9.39 Å². The van der Waals surface area contributed by atoms with Crippen LogP contribution in [0.3, 0.4) is 0 Å². The van der Waals surface area contributed by atoms with E-state index in [0.717, 1.165) is 14.0 Å². The fourth-order valence-corrected chi connectivity index (χ4v) is 4.15. The van der Waals surface area contributed by atoms with Crippen molar-refractivity contribution in [2.75, 3.05) is 7.11 Å². The number of benzene rings is 3. The molecule has 0 aromatic heterocycles. The third-order valence-electron chi connectivity index (χ3n) is 5.04. The van der Waals surface area contributed by atoms with Gasteiger partial charge in [-0.1, -0.05) is 48.5 Å². The minimum Gasteiger partial charge on any atom is -0.493 e. The van der Waals surface area contributed by atoms with Crippen LogP contribution < -0.4 is 14.8 Å². The standard InChI is InChI=1S/C25H20FIN2O4/c1-32-22-13-17(11-20(27)23(22)33-15-16-7-3-2-4-8-16)12-21-24(30)29(25(31)28-21)14-18-9-5-6-10-19(18)26/h2-13H,14-15H2,1H3,(H,28,31)/b21-12+.